The molecular weight excluding hydrogens is 268 g/mol. The van der Waals surface area contributed by atoms with Crippen LogP contribution in [0.2, 0.25) is 0 Å². The monoisotopic (exact) mass is 290 g/mol. The van der Waals surface area contributed by atoms with E-state index in [-0.39, 0.29) is 29.5 Å². The maximum Gasteiger partial charge on any atom is 0.239 e. The molecule has 7 heteroatoms. The van der Waals surface area contributed by atoms with Gasteiger partial charge in [-0.1, -0.05) is 0 Å². The summed E-state index contributed by atoms with van der Waals surface area (Å²) in [7, 11) is -2.94. The number of hydrogen-bond donors (Lipinski definition) is 1. The van der Waals surface area contributed by atoms with E-state index < -0.39 is 9.84 Å². The van der Waals surface area contributed by atoms with E-state index in [1.165, 1.54) is 0 Å². The van der Waals surface area contributed by atoms with Crippen LogP contribution >= 0.6 is 0 Å². The highest BCUT2D eigenvalue weighted by Gasteiger charge is 2.29. The summed E-state index contributed by atoms with van der Waals surface area (Å²) in [6, 6.07) is -0.435. The van der Waals surface area contributed by atoms with E-state index in [2.05, 4.69) is 5.32 Å². The normalized spacial score (nSPS) is 28.9. The first-order chi connectivity index (χ1) is 8.98. The first kappa shape index (κ1) is 14.7. The maximum absolute atomic E-state index is 12.2. The van der Waals surface area contributed by atoms with Crippen LogP contribution in [0.25, 0.3) is 0 Å². The van der Waals surface area contributed by atoms with E-state index in [9.17, 15) is 13.2 Å². The molecule has 0 bridgehead atoms. The molecule has 6 nitrogen and oxygen atoms in total. The van der Waals surface area contributed by atoms with Crippen LogP contribution in [0.1, 0.15) is 19.8 Å². The molecule has 110 valence electrons. The number of sulfone groups is 1. The molecule has 0 aliphatic carbocycles. The number of morpholine rings is 1. The van der Waals surface area contributed by atoms with E-state index in [0.29, 0.717) is 32.7 Å². The molecule has 2 rings (SSSR count). The molecule has 2 atom stereocenters. The fourth-order valence-corrected chi connectivity index (χ4v) is 4.29. The van der Waals surface area contributed by atoms with Gasteiger partial charge in [0, 0.05) is 19.1 Å². The van der Waals surface area contributed by atoms with Gasteiger partial charge in [0.1, 0.15) is 0 Å². The van der Waals surface area contributed by atoms with Crippen LogP contribution in [0.3, 0.4) is 0 Å². The lowest BCUT2D eigenvalue weighted by molar-refractivity contribution is -0.137. The number of carbonyl (C=O) groups is 1. The van der Waals surface area contributed by atoms with Gasteiger partial charge in [0.25, 0.3) is 0 Å². The van der Waals surface area contributed by atoms with Crippen molar-refractivity contribution in [1.29, 1.82) is 0 Å². The van der Waals surface area contributed by atoms with Gasteiger partial charge in [-0.3, -0.25) is 4.79 Å². The Balaban J connectivity index is 1.85. The zero-order chi connectivity index (χ0) is 13.9. The first-order valence-electron chi connectivity index (χ1n) is 6.81. The van der Waals surface area contributed by atoms with Crippen molar-refractivity contribution in [3.05, 3.63) is 0 Å². The lowest BCUT2D eigenvalue weighted by Gasteiger charge is -2.32. The number of amides is 1. The van der Waals surface area contributed by atoms with Gasteiger partial charge in [0.15, 0.2) is 9.84 Å². The van der Waals surface area contributed by atoms with Gasteiger partial charge in [0.05, 0.1) is 30.8 Å². The lowest BCUT2D eigenvalue weighted by atomic mass is 10.1. The highest BCUT2D eigenvalue weighted by Crippen LogP contribution is 2.13. The van der Waals surface area contributed by atoms with Crippen molar-refractivity contribution in [2.24, 2.45) is 0 Å². The largest absolute Gasteiger partial charge is 0.378 e. The summed E-state index contributed by atoms with van der Waals surface area (Å²) in [5, 5.41) is 3.16. The Labute approximate surface area is 114 Å². The molecule has 0 aromatic heterocycles. The van der Waals surface area contributed by atoms with E-state index in [4.69, 9.17) is 4.74 Å². The molecule has 0 saturated carbocycles. The highest BCUT2D eigenvalue weighted by atomic mass is 32.2. The van der Waals surface area contributed by atoms with Gasteiger partial charge >= 0.3 is 0 Å². The third-order valence-electron chi connectivity index (χ3n) is 3.64. The smallest absolute Gasteiger partial charge is 0.239 e. The van der Waals surface area contributed by atoms with Gasteiger partial charge in [-0.25, -0.2) is 8.42 Å². The third kappa shape index (κ3) is 4.15. The second-order valence-electron chi connectivity index (χ2n) is 5.28. The summed E-state index contributed by atoms with van der Waals surface area (Å²) in [5.41, 5.74) is 0. The molecule has 2 aliphatic heterocycles. The zero-order valence-electron chi connectivity index (χ0n) is 11.3. The van der Waals surface area contributed by atoms with Crippen molar-refractivity contribution < 1.29 is 17.9 Å². The molecule has 2 aliphatic rings. The van der Waals surface area contributed by atoms with Crippen molar-refractivity contribution in [3.63, 3.8) is 0 Å². The van der Waals surface area contributed by atoms with Crippen LogP contribution in [0.15, 0.2) is 0 Å². The summed E-state index contributed by atoms with van der Waals surface area (Å²) in [5.74, 6) is 0.455. The van der Waals surface area contributed by atoms with E-state index in [0.717, 1.165) is 6.42 Å². The van der Waals surface area contributed by atoms with Gasteiger partial charge in [-0.15, -0.1) is 0 Å². The molecule has 1 N–H and O–H groups in total. The average molecular weight is 290 g/mol. The quantitative estimate of drug-likeness (QED) is 0.751. The van der Waals surface area contributed by atoms with Crippen molar-refractivity contribution in [1.82, 2.24) is 10.2 Å². The first-order valence-corrected chi connectivity index (χ1v) is 8.63. The fourth-order valence-electron chi connectivity index (χ4n) is 2.64. The summed E-state index contributed by atoms with van der Waals surface area (Å²) in [6.45, 7) is 4.20. The van der Waals surface area contributed by atoms with Crippen LogP contribution in [0, 0.1) is 0 Å². The van der Waals surface area contributed by atoms with Crippen molar-refractivity contribution in [3.8, 4) is 0 Å². The Morgan fingerprint density at radius 3 is 2.68 bits per heavy atom. The van der Waals surface area contributed by atoms with Crippen LogP contribution in [-0.4, -0.2) is 69.1 Å². The fraction of sp³-hybridized carbons (Fsp3) is 0.917. The van der Waals surface area contributed by atoms with Gasteiger partial charge in [-0.05, 0) is 19.8 Å². The number of ether oxygens (including phenoxy) is 1. The lowest BCUT2D eigenvalue weighted by Crippen LogP contribution is -2.53. The molecule has 0 spiro atoms. The predicted molar refractivity (Wildman–Crippen MR) is 71.7 cm³/mol. The average Bonchev–Trinajstić information content (AvgIpc) is 2.37. The molecule has 2 fully saturated rings. The minimum Gasteiger partial charge on any atom is -0.378 e. The molecule has 0 aromatic rings. The van der Waals surface area contributed by atoms with E-state index in [1.54, 1.807) is 11.8 Å². The molecule has 2 saturated heterocycles. The molecule has 0 aromatic carbocycles. The second-order valence-corrected chi connectivity index (χ2v) is 7.51. The molecule has 1 amide bonds. The number of nitrogens with zero attached hydrogens (tertiary/aromatic N) is 1. The standard InChI is InChI=1S/C12H22N2O4S/c1-10(12(15)14-4-6-18-7-5-14)13-11-3-2-8-19(16,17)9-11/h10-11,13H,2-9H2,1H3. The molecular formula is C12H22N2O4S. The zero-order valence-corrected chi connectivity index (χ0v) is 12.1. The predicted octanol–water partition coefficient (Wildman–Crippen LogP) is -0.599. The Bertz CT molecular complexity index is 417. The SMILES string of the molecule is CC(NC1CCCS(=O)(=O)C1)C(=O)N1CCOCC1. The van der Waals surface area contributed by atoms with E-state index in [1.807, 2.05) is 0 Å². The summed E-state index contributed by atoms with van der Waals surface area (Å²) in [4.78, 5) is 14.0. The second kappa shape index (κ2) is 6.19. The van der Waals surface area contributed by atoms with Crippen molar-refractivity contribution in [2.75, 3.05) is 37.8 Å². The van der Waals surface area contributed by atoms with Crippen molar-refractivity contribution in [2.45, 2.75) is 31.8 Å². The number of hydrogen-bond acceptors (Lipinski definition) is 5. The minimum absolute atomic E-state index is 0.0336. The van der Waals surface area contributed by atoms with Crippen LogP contribution in [0.5, 0.6) is 0 Å². The van der Waals surface area contributed by atoms with Gasteiger partial charge in [0.2, 0.25) is 5.91 Å². The molecule has 19 heavy (non-hydrogen) atoms. The highest BCUT2D eigenvalue weighted by molar-refractivity contribution is 7.91. The minimum atomic E-state index is -2.94. The van der Waals surface area contributed by atoms with Crippen molar-refractivity contribution >= 4 is 15.7 Å². The Morgan fingerprint density at radius 2 is 2.05 bits per heavy atom. The Hall–Kier alpha value is -0.660. The number of rotatable bonds is 3. The number of carbonyl (C=O) groups excluding carboxylic acids is 1. The van der Waals surface area contributed by atoms with E-state index >= 15 is 0 Å². The number of nitrogens with one attached hydrogen (secondary N) is 1. The van der Waals surface area contributed by atoms with Gasteiger partial charge < -0.3 is 15.0 Å². The topological polar surface area (TPSA) is 75.7 Å². The summed E-state index contributed by atoms with van der Waals surface area (Å²) < 4.78 is 28.3. The summed E-state index contributed by atoms with van der Waals surface area (Å²) >= 11 is 0. The van der Waals surface area contributed by atoms with Crippen LogP contribution < -0.4 is 5.32 Å². The van der Waals surface area contributed by atoms with Crippen LogP contribution in [-0.2, 0) is 19.4 Å². The maximum atomic E-state index is 12.2. The molecule has 2 unspecified atom stereocenters. The molecule has 0 radical (unpaired) electrons. The van der Waals surface area contributed by atoms with Gasteiger partial charge in [-0.2, -0.15) is 0 Å². The Kier molecular flexibility index (Phi) is 4.81. The third-order valence-corrected chi connectivity index (χ3v) is 5.46. The van der Waals surface area contributed by atoms with Crippen LogP contribution in [0.4, 0.5) is 0 Å². The summed E-state index contributed by atoms with van der Waals surface area (Å²) in [6.07, 6.45) is 1.50. The Morgan fingerprint density at radius 1 is 1.37 bits per heavy atom. The molecule has 2 heterocycles.